The quantitative estimate of drug-likeness (QED) is 0.371. The molecule has 34 heavy (non-hydrogen) atoms. The topological polar surface area (TPSA) is 58.6 Å². The van der Waals surface area contributed by atoms with Crippen LogP contribution in [0.5, 0.6) is 5.75 Å². The van der Waals surface area contributed by atoms with Gasteiger partial charge in [0.1, 0.15) is 11.8 Å². The van der Waals surface area contributed by atoms with Gasteiger partial charge in [-0.05, 0) is 48.2 Å². The number of aryl methyl sites for hydroxylation is 1. The normalized spacial score (nSPS) is 11.5. The minimum absolute atomic E-state index is 0.145. The lowest BCUT2D eigenvalue weighted by atomic mass is 10.0. The van der Waals surface area contributed by atoms with E-state index >= 15 is 0 Å². The standard InChI is InChI=1S/C28H31BrN2O3/c1-3-17-30-28(33)25(18-22-10-5-4-6-11-22)31(19-23-13-15-24(29)16-14-23)27(32)20-34-26-12-8-7-9-21(26)2/h4-16,25H,3,17-20H2,1-2H3,(H,30,33)/t25-/m1/s1. The van der Waals surface area contributed by atoms with Gasteiger partial charge in [-0.1, -0.05) is 83.5 Å². The lowest BCUT2D eigenvalue weighted by molar-refractivity contribution is -0.142. The number of nitrogens with one attached hydrogen (secondary N) is 1. The molecule has 0 fully saturated rings. The Morgan fingerprint density at radius 2 is 1.62 bits per heavy atom. The Morgan fingerprint density at radius 1 is 0.941 bits per heavy atom. The molecule has 178 valence electrons. The summed E-state index contributed by atoms with van der Waals surface area (Å²) in [7, 11) is 0. The highest BCUT2D eigenvalue weighted by molar-refractivity contribution is 9.10. The van der Waals surface area contributed by atoms with Gasteiger partial charge in [0.25, 0.3) is 5.91 Å². The van der Waals surface area contributed by atoms with Crippen LogP contribution in [0, 0.1) is 6.92 Å². The van der Waals surface area contributed by atoms with Crippen LogP contribution in [0.3, 0.4) is 0 Å². The molecule has 0 aliphatic heterocycles. The fourth-order valence-corrected chi connectivity index (χ4v) is 3.91. The number of rotatable bonds is 11. The van der Waals surface area contributed by atoms with Crippen LogP contribution in [0.2, 0.25) is 0 Å². The van der Waals surface area contributed by atoms with Gasteiger partial charge in [-0.25, -0.2) is 0 Å². The van der Waals surface area contributed by atoms with Crippen molar-refractivity contribution in [1.82, 2.24) is 10.2 Å². The molecule has 0 aliphatic rings. The second-order valence-corrected chi connectivity index (χ2v) is 9.11. The number of carbonyl (C=O) groups excluding carboxylic acids is 2. The van der Waals surface area contributed by atoms with E-state index in [9.17, 15) is 9.59 Å². The van der Waals surface area contributed by atoms with Gasteiger partial charge in [-0.2, -0.15) is 0 Å². The summed E-state index contributed by atoms with van der Waals surface area (Å²) < 4.78 is 6.82. The number of para-hydroxylation sites is 1. The number of halogens is 1. The Morgan fingerprint density at radius 3 is 2.29 bits per heavy atom. The maximum atomic E-state index is 13.5. The molecule has 0 heterocycles. The van der Waals surface area contributed by atoms with Crippen molar-refractivity contribution in [2.45, 2.75) is 39.3 Å². The van der Waals surface area contributed by atoms with E-state index in [2.05, 4.69) is 21.2 Å². The summed E-state index contributed by atoms with van der Waals surface area (Å²) in [6.07, 6.45) is 1.24. The van der Waals surface area contributed by atoms with Crippen LogP contribution in [-0.2, 0) is 22.6 Å². The third-order valence-corrected chi connectivity index (χ3v) is 6.06. The lowest BCUT2D eigenvalue weighted by Crippen LogP contribution is -2.51. The van der Waals surface area contributed by atoms with Crippen LogP contribution in [0.1, 0.15) is 30.0 Å². The molecule has 0 aliphatic carbocycles. The Balaban J connectivity index is 1.89. The van der Waals surface area contributed by atoms with E-state index in [0.29, 0.717) is 25.3 Å². The zero-order valence-corrected chi connectivity index (χ0v) is 21.3. The molecule has 3 aromatic rings. The Bertz CT molecular complexity index is 1070. The molecular weight excluding hydrogens is 492 g/mol. The molecule has 0 radical (unpaired) electrons. The number of amides is 2. The minimum Gasteiger partial charge on any atom is -0.484 e. The van der Waals surface area contributed by atoms with Crippen molar-refractivity contribution in [2.75, 3.05) is 13.2 Å². The van der Waals surface area contributed by atoms with Crippen molar-refractivity contribution < 1.29 is 14.3 Å². The fourth-order valence-electron chi connectivity index (χ4n) is 3.65. The molecule has 1 N–H and O–H groups in total. The summed E-state index contributed by atoms with van der Waals surface area (Å²) in [5.74, 6) is 0.264. The van der Waals surface area contributed by atoms with Crippen molar-refractivity contribution in [1.29, 1.82) is 0 Å². The van der Waals surface area contributed by atoms with Crippen molar-refractivity contribution in [3.63, 3.8) is 0 Å². The van der Waals surface area contributed by atoms with Crippen LogP contribution in [0.15, 0.2) is 83.3 Å². The van der Waals surface area contributed by atoms with Crippen LogP contribution < -0.4 is 10.1 Å². The molecule has 0 saturated heterocycles. The SMILES string of the molecule is CCCNC(=O)[C@@H](Cc1ccccc1)N(Cc1ccc(Br)cc1)C(=O)COc1ccccc1C. The first-order chi connectivity index (χ1) is 16.5. The van der Waals surface area contributed by atoms with Crippen molar-refractivity contribution >= 4 is 27.7 Å². The molecule has 3 rings (SSSR count). The number of hydrogen-bond acceptors (Lipinski definition) is 3. The monoisotopic (exact) mass is 522 g/mol. The molecule has 2 amide bonds. The second-order valence-electron chi connectivity index (χ2n) is 8.20. The molecule has 0 spiro atoms. The molecule has 5 nitrogen and oxygen atoms in total. The van der Waals surface area contributed by atoms with E-state index in [-0.39, 0.29) is 18.4 Å². The Labute approximate surface area is 210 Å². The summed E-state index contributed by atoms with van der Waals surface area (Å²) >= 11 is 3.46. The number of ether oxygens (including phenoxy) is 1. The lowest BCUT2D eigenvalue weighted by Gasteiger charge is -2.31. The zero-order chi connectivity index (χ0) is 24.3. The summed E-state index contributed by atoms with van der Waals surface area (Å²) in [4.78, 5) is 28.4. The van der Waals surface area contributed by atoms with E-state index in [1.54, 1.807) is 4.90 Å². The summed E-state index contributed by atoms with van der Waals surface area (Å²) in [6, 6.07) is 24.5. The van der Waals surface area contributed by atoms with Gasteiger partial charge in [-0.15, -0.1) is 0 Å². The molecule has 1 atom stereocenters. The van der Waals surface area contributed by atoms with E-state index < -0.39 is 6.04 Å². The van der Waals surface area contributed by atoms with Crippen molar-refractivity contribution in [2.24, 2.45) is 0 Å². The highest BCUT2D eigenvalue weighted by Gasteiger charge is 2.30. The predicted molar refractivity (Wildman–Crippen MR) is 139 cm³/mol. The molecule has 0 aromatic heterocycles. The van der Waals surface area contributed by atoms with Gasteiger partial charge in [0.15, 0.2) is 6.61 Å². The average Bonchev–Trinajstić information content (AvgIpc) is 2.85. The number of hydrogen-bond donors (Lipinski definition) is 1. The molecule has 0 bridgehead atoms. The third kappa shape index (κ3) is 7.45. The van der Waals surface area contributed by atoms with Gasteiger partial charge in [0, 0.05) is 24.0 Å². The number of nitrogens with zero attached hydrogens (tertiary/aromatic N) is 1. The summed E-state index contributed by atoms with van der Waals surface area (Å²) in [5.41, 5.74) is 2.89. The number of benzene rings is 3. The van der Waals surface area contributed by atoms with Gasteiger partial charge >= 0.3 is 0 Å². The van der Waals surface area contributed by atoms with Crippen LogP contribution in [-0.4, -0.2) is 35.9 Å². The van der Waals surface area contributed by atoms with Crippen molar-refractivity contribution in [3.05, 3.63) is 100 Å². The van der Waals surface area contributed by atoms with Gasteiger partial charge < -0.3 is 15.0 Å². The first-order valence-electron chi connectivity index (χ1n) is 11.5. The predicted octanol–water partition coefficient (Wildman–Crippen LogP) is 5.30. The van der Waals surface area contributed by atoms with Crippen LogP contribution >= 0.6 is 15.9 Å². The van der Waals surface area contributed by atoms with E-state index in [1.807, 2.05) is 92.7 Å². The number of carbonyl (C=O) groups is 2. The summed E-state index contributed by atoms with van der Waals surface area (Å²) in [5, 5.41) is 2.98. The Kier molecular flexibility index (Phi) is 9.71. The first-order valence-corrected chi connectivity index (χ1v) is 12.3. The van der Waals surface area contributed by atoms with E-state index in [4.69, 9.17) is 4.74 Å². The third-order valence-electron chi connectivity index (χ3n) is 5.53. The zero-order valence-electron chi connectivity index (χ0n) is 19.7. The smallest absolute Gasteiger partial charge is 0.261 e. The largest absolute Gasteiger partial charge is 0.484 e. The average molecular weight is 523 g/mol. The van der Waals surface area contributed by atoms with Gasteiger partial charge in [0.2, 0.25) is 5.91 Å². The van der Waals surface area contributed by atoms with Gasteiger partial charge in [0.05, 0.1) is 0 Å². The van der Waals surface area contributed by atoms with Crippen molar-refractivity contribution in [3.8, 4) is 5.75 Å². The Hall–Kier alpha value is -3.12. The highest BCUT2D eigenvalue weighted by Crippen LogP contribution is 2.19. The molecule has 0 saturated carbocycles. The van der Waals surface area contributed by atoms with Crippen LogP contribution in [0.25, 0.3) is 0 Å². The van der Waals surface area contributed by atoms with Gasteiger partial charge in [-0.3, -0.25) is 9.59 Å². The maximum Gasteiger partial charge on any atom is 0.261 e. The van der Waals surface area contributed by atoms with E-state index in [1.165, 1.54) is 0 Å². The van der Waals surface area contributed by atoms with E-state index in [0.717, 1.165) is 27.6 Å². The molecule has 0 unspecified atom stereocenters. The first kappa shape index (κ1) is 25.5. The summed E-state index contributed by atoms with van der Waals surface area (Å²) in [6.45, 7) is 4.67. The molecule has 3 aromatic carbocycles. The minimum atomic E-state index is -0.662. The maximum absolute atomic E-state index is 13.5. The highest BCUT2D eigenvalue weighted by atomic mass is 79.9. The van der Waals surface area contributed by atoms with Crippen LogP contribution in [0.4, 0.5) is 0 Å². The fraction of sp³-hybridized carbons (Fsp3) is 0.286. The second kappa shape index (κ2) is 12.9. The molecule has 6 heteroatoms. The molecular formula is C28H31BrN2O3.